The first kappa shape index (κ1) is 18.9. The molecule has 148 valence electrons. The van der Waals surface area contributed by atoms with Crippen LogP contribution in [0.2, 0.25) is 0 Å². The van der Waals surface area contributed by atoms with Gasteiger partial charge in [-0.25, -0.2) is 0 Å². The molecule has 28 heavy (non-hydrogen) atoms. The predicted molar refractivity (Wildman–Crippen MR) is 105 cm³/mol. The molecule has 4 rings (SSSR count). The largest absolute Gasteiger partial charge is 0.468 e. The smallest absolute Gasteiger partial charge is 0.257 e. The summed E-state index contributed by atoms with van der Waals surface area (Å²) < 4.78 is 5.54. The second kappa shape index (κ2) is 8.27. The molecule has 0 saturated carbocycles. The third-order valence-corrected chi connectivity index (χ3v) is 5.93. The highest BCUT2D eigenvalue weighted by Gasteiger charge is 2.31. The average Bonchev–Trinajstić information content (AvgIpc) is 2.99. The van der Waals surface area contributed by atoms with Crippen molar-refractivity contribution in [2.24, 2.45) is 0 Å². The van der Waals surface area contributed by atoms with Crippen molar-refractivity contribution in [3.05, 3.63) is 53.2 Å². The summed E-state index contributed by atoms with van der Waals surface area (Å²) in [5, 5.41) is 0. The van der Waals surface area contributed by atoms with Gasteiger partial charge in [0.2, 0.25) is 0 Å². The van der Waals surface area contributed by atoms with Gasteiger partial charge in [-0.15, -0.1) is 0 Å². The molecule has 0 radical (unpaired) electrons. The lowest BCUT2D eigenvalue weighted by Crippen LogP contribution is -2.35. The van der Waals surface area contributed by atoms with Gasteiger partial charge in [-0.2, -0.15) is 0 Å². The number of carbonyl (C=O) groups excluding carboxylic acids is 2. The summed E-state index contributed by atoms with van der Waals surface area (Å²) in [5.41, 5.74) is 2.05. The van der Waals surface area contributed by atoms with E-state index in [1.807, 2.05) is 29.3 Å². The number of furan rings is 1. The van der Waals surface area contributed by atoms with Crippen molar-refractivity contribution >= 4 is 11.7 Å². The number of pyridine rings is 1. The van der Waals surface area contributed by atoms with E-state index in [2.05, 4.69) is 16.9 Å². The number of likely N-dealkylation sites (tertiary alicyclic amines) is 1. The normalized spacial score (nSPS) is 20.1. The summed E-state index contributed by atoms with van der Waals surface area (Å²) in [6.07, 6.45) is 8.30. The first-order chi connectivity index (χ1) is 13.6. The molecule has 2 aromatic rings. The molecule has 1 aliphatic heterocycles. The van der Waals surface area contributed by atoms with Gasteiger partial charge in [0.1, 0.15) is 12.0 Å². The van der Waals surface area contributed by atoms with Crippen LogP contribution in [0.4, 0.5) is 0 Å². The second-order valence-electron chi connectivity index (χ2n) is 7.84. The van der Waals surface area contributed by atoms with E-state index in [1.54, 1.807) is 0 Å². The molecule has 0 spiro atoms. The molecule has 1 saturated heterocycles. The molecular formula is C22H27N3O3. The Balaban J connectivity index is 1.41. The number of amides is 1. The third kappa shape index (κ3) is 3.87. The van der Waals surface area contributed by atoms with Crippen LogP contribution >= 0.6 is 0 Å². The molecular weight excluding hydrogens is 354 g/mol. The lowest BCUT2D eigenvalue weighted by molar-refractivity contribution is 0.0751. The molecule has 3 heterocycles. The van der Waals surface area contributed by atoms with Crippen molar-refractivity contribution in [2.45, 2.75) is 51.1 Å². The number of Topliss-reactive ketones (excluding diaryl/α,β-unsaturated/α-hetero) is 1. The van der Waals surface area contributed by atoms with Gasteiger partial charge in [0.05, 0.1) is 16.8 Å². The Morgan fingerprint density at radius 1 is 1.25 bits per heavy atom. The van der Waals surface area contributed by atoms with Crippen molar-refractivity contribution in [3.63, 3.8) is 0 Å². The minimum atomic E-state index is -0.0618. The van der Waals surface area contributed by atoms with Gasteiger partial charge >= 0.3 is 0 Å². The Morgan fingerprint density at radius 2 is 2.14 bits per heavy atom. The van der Waals surface area contributed by atoms with E-state index >= 15 is 0 Å². The van der Waals surface area contributed by atoms with Crippen LogP contribution in [0.15, 0.2) is 35.1 Å². The number of aryl methyl sites for hydroxylation is 1. The van der Waals surface area contributed by atoms with Crippen LogP contribution < -0.4 is 0 Å². The van der Waals surface area contributed by atoms with Crippen molar-refractivity contribution < 1.29 is 14.0 Å². The Kier molecular flexibility index (Phi) is 5.57. The van der Waals surface area contributed by atoms with Gasteiger partial charge in [-0.3, -0.25) is 19.5 Å². The van der Waals surface area contributed by atoms with Gasteiger partial charge in [-0.1, -0.05) is 6.07 Å². The quantitative estimate of drug-likeness (QED) is 0.813. The molecule has 1 aliphatic carbocycles. The molecule has 1 fully saturated rings. The van der Waals surface area contributed by atoms with Crippen LogP contribution in [0, 0.1) is 0 Å². The molecule has 6 heteroatoms. The Hall–Kier alpha value is -2.47. The van der Waals surface area contributed by atoms with E-state index in [9.17, 15) is 9.59 Å². The number of carbonyl (C=O) groups is 2. The maximum Gasteiger partial charge on any atom is 0.257 e. The molecule has 2 aliphatic rings. The molecule has 2 aromatic heterocycles. The van der Waals surface area contributed by atoms with Crippen LogP contribution in [-0.2, 0) is 13.0 Å². The highest BCUT2D eigenvalue weighted by atomic mass is 16.3. The minimum absolute atomic E-state index is 0.0427. The first-order valence-electron chi connectivity index (χ1n) is 10.2. The fourth-order valence-electron chi connectivity index (χ4n) is 4.35. The number of nitrogens with zero attached hydrogens (tertiary/aromatic N) is 3. The molecule has 0 aromatic carbocycles. The molecule has 0 bridgehead atoms. The SMILES string of the molecule is CN(Cc1ccccn1)[C@@H]1CCCN(C(=O)c2coc3c2C(=O)CCC3)CC1. The number of fused-ring (bicyclic) bond motifs is 1. The van der Waals surface area contributed by atoms with Crippen LogP contribution in [0.3, 0.4) is 0 Å². The molecule has 1 amide bonds. The summed E-state index contributed by atoms with van der Waals surface area (Å²) in [6.45, 7) is 2.23. The third-order valence-electron chi connectivity index (χ3n) is 5.93. The Bertz CT molecular complexity index is 846. The second-order valence-corrected chi connectivity index (χ2v) is 7.84. The number of aromatic nitrogens is 1. The summed E-state index contributed by atoms with van der Waals surface area (Å²) >= 11 is 0. The fraction of sp³-hybridized carbons (Fsp3) is 0.500. The van der Waals surface area contributed by atoms with Crippen LogP contribution in [0.1, 0.15) is 64.3 Å². The lowest BCUT2D eigenvalue weighted by atomic mass is 9.93. The lowest BCUT2D eigenvalue weighted by Gasteiger charge is -2.27. The maximum atomic E-state index is 13.1. The Labute approximate surface area is 165 Å². The summed E-state index contributed by atoms with van der Waals surface area (Å²) in [4.78, 5) is 34.0. The number of ketones is 1. The number of hydrogen-bond acceptors (Lipinski definition) is 5. The fourth-order valence-corrected chi connectivity index (χ4v) is 4.35. The van der Waals surface area contributed by atoms with E-state index in [0.717, 1.165) is 50.9 Å². The Morgan fingerprint density at radius 3 is 2.96 bits per heavy atom. The molecule has 0 unspecified atom stereocenters. The summed E-state index contributed by atoms with van der Waals surface area (Å²) in [7, 11) is 2.13. The van der Waals surface area contributed by atoms with E-state index in [-0.39, 0.29) is 11.7 Å². The highest BCUT2D eigenvalue weighted by molar-refractivity contribution is 6.09. The molecule has 0 N–H and O–H groups in total. The van der Waals surface area contributed by atoms with Gasteiger partial charge in [0.25, 0.3) is 5.91 Å². The van der Waals surface area contributed by atoms with Crippen LogP contribution in [0.5, 0.6) is 0 Å². The zero-order valence-corrected chi connectivity index (χ0v) is 16.4. The van der Waals surface area contributed by atoms with Crippen LogP contribution in [-0.4, -0.2) is 52.7 Å². The highest BCUT2D eigenvalue weighted by Crippen LogP contribution is 2.28. The standard InChI is InChI=1S/C22H27N3O3/c1-24(14-16-6-2-3-11-23-16)17-7-5-12-25(13-10-17)22(27)18-15-28-20-9-4-8-19(26)21(18)20/h2-3,6,11,15,17H,4-5,7-10,12-14H2,1H3/t17-/m1/s1. The van der Waals surface area contributed by atoms with E-state index in [1.165, 1.54) is 6.26 Å². The van der Waals surface area contributed by atoms with Crippen molar-refractivity contribution in [3.8, 4) is 0 Å². The summed E-state index contributed by atoms with van der Waals surface area (Å²) in [6, 6.07) is 6.40. The topological polar surface area (TPSA) is 66.7 Å². The predicted octanol–water partition coefficient (Wildman–Crippen LogP) is 3.32. The van der Waals surface area contributed by atoms with Crippen molar-refractivity contribution in [1.82, 2.24) is 14.8 Å². The van der Waals surface area contributed by atoms with Crippen molar-refractivity contribution in [2.75, 3.05) is 20.1 Å². The van der Waals surface area contributed by atoms with Gasteiger partial charge < -0.3 is 9.32 Å². The van der Waals surface area contributed by atoms with E-state index in [0.29, 0.717) is 35.9 Å². The molecule has 1 atom stereocenters. The maximum absolute atomic E-state index is 13.1. The minimum Gasteiger partial charge on any atom is -0.468 e. The number of rotatable bonds is 4. The molecule has 6 nitrogen and oxygen atoms in total. The van der Waals surface area contributed by atoms with Crippen LogP contribution in [0.25, 0.3) is 0 Å². The average molecular weight is 381 g/mol. The first-order valence-corrected chi connectivity index (χ1v) is 10.2. The van der Waals surface area contributed by atoms with Gasteiger partial charge in [-0.05, 0) is 44.9 Å². The zero-order valence-electron chi connectivity index (χ0n) is 16.4. The monoisotopic (exact) mass is 381 g/mol. The van der Waals surface area contributed by atoms with Gasteiger partial charge in [0, 0.05) is 44.7 Å². The van der Waals surface area contributed by atoms with E-state index in [4.69, 9.17) is 4.42 Å². The summed E-state index contributed by atoms with van der Waals surface area (Å²) in [5.74, 6) is 0.664. The number of hydrogen-bond donors (Lipinski definition) is 0. The van der Waals surface area contributed by atoms with Gasteiger partial charge in [0.15, 0.2) is 5.78 Å². The van der Waals surface area contributed by atoms with Crippen molar-refractivity contribution in [1.29, 1.82) is 0 Å². The zero-order chi connectivity index (χ0) is 19.5. The van der Waals surface area contributed by atoms with E-state index < -0.39 is 0 Å².